The van der Waals surface area contributed by atoms with Crippen molar-refractivity contribution >= 4 is 0 Å². The second-order valence-corrected chi connectivity index (χ2v) is 1.44. The summed E-state index contributed by atoms with van der Waals surface area (Å²) in [7, 11) is 1.66. The lowest BCUT2D eigenvalue weighted by Gasteiger charge is -1.88. The molecule has 1 N–H and O–H groups in total. The quantitative estimate of drug-likeness (QED) is 0.430. The molecule has 0 rings (SSSR count). The van der Waals surface area contributed by atoms with E-state index in [2.05, 4.69) is 0 Å². The fourth-order valence-corrected chi connectivity index (χ4v) is 0.378. The lowest BCUT2D eigenvalue weighted by Crippen LogP contribution is -1.84. The Morgan fingerprint density at radius 3 is 2.75 bits per heavy atom. The van der Waals surface area contributed by atoms with E-state index < -0.39 is 0 Å². The van der Waals surface area contributed by atoms with Crippen LogP contribution < -0.4 is 0 Å². The molecule has 0 aliphatic heterocycles. The molecule has 0 aromatic carbocycles. The summed E-state index contributed by atoms with van der Waals surface area (Å²) < 4.78 is 4.76. The second-order valence-electron chi connectivity index (χ2n) is 1.44. The highest BCUT2D eigenvalue weighted by atomic mass is 16.5. The Morgan fingerprint density at radius 1 is 1.50 bits per heavy atom. The van der Waals surface area contributed by atoms with Gasteiger partial charge < -0.3 is 9.84 Å². The van der Waals surface area contributed by atoms with Gasteiger partial charge in [-0.2, -0.15) is 0 Å². The third kappa shape index (κ3) is 5.66. The molecule has 0 spiro atoms. The van der Waals surface area contributed by atoms with Crippen molar-refractivity contribution in [3.63, 3.8) is 0 Å². The molecule has 0 aliphatic rings. The molecule has 0 aromatic rings. The standard InChI is InChI=1S/C6H12O2/c1-8-6-4-2-3-5-7/h2-3,7H,4-6H2,1H3. The number of hydrogen-bond acceptors (Lipinski definition) is 2. The maximum Gasteiger partial charge on any atom is 0.0612 e. The minimum atomic E-state index is 0.129. The molecule has 0 amide bonds. The first-order valence-electron chi connectivity index (χ1n) is 2.66. The summed E-state index contributed by atoms with van der Waals surface area (Å²) in [5.74, 6) is 0. The van der Waals surface area contributed by atoms with Gasteiger partial charge in [0.05, 0.1) is 6.61 Å². The van der Waals surface area contributed by atoms with Gasteiger partial charge in [-0.15, -0.1) is 0 Å². The first-order valence-corrected chi connectivity index (χ1v) is 2.66. The Balaban J connectivity index is 2.80. The van der Waals surface area contributed by atoms with Crippen LogP contribution in [0.25, 0.3) is 0 Å². The second kappa shape index (κ2) is 6.66. The van der Waals surface area contributed by atoms with Crippen molar-refractivity contribution in [3.05, 3.63) is 12.2 Å². The summed E-state index contributed by atoms with van der Waals surface area (Å²) in [6.07, 6.45) is 4.49. The van der Waals surface area contributed by atoms with Gasteiger partial charge in [-0.05, 0) is 6.42 Å². The summed E-state index contributed by atoms with van der Waals surface area (Å²) in [6.45, 7) is 0.861. The summed E-state index contributed by atoms with van der Waals surface area (Å²) in [6, 6.07) is 0. The normalized spacial score (nSPS) is 10.8. The van der Waals surface area contributed by atoms with Gasteiger partial charge in [-0.1, -0.05) is 12.2 Å². The minimum Gasteiger partial charge on any atom is -0.392 e. The Hall–Kier alpha value is -0.340. The molecule has 48 valence electrons. The molecule has 2 heteroatoms. The number of aliphatic hydroxyl groups excluding tert-OH is 1. The van der Waals surface area contributed by atoms with Gasteiger partial charge in [-0.3, -0.25) is 0 Å². The molecule has 0 heterocycles. The van der Waals surface area contributed by atoms with Gasteiger partial charge in [0.2, 0.25) is 0 Å². The summed E-state index contributed by atoms with van der Waals surface area (Å²) >= 11 is 0. The molecule has 0 unspecified atom stereocenters. The fourth-order valence-electron chi connectivity index (χ4n) is 0.378. The van der Waals surface area contributed by atoms with E-state index in [4.69, 9.17) is 9.84 Å². The maximum absolute atomic E-state index is 8.24. The Labute approximate surface area is 49.8 Å². The molecule has 0 saturated heterocycles. The van der Waals surface area contributed by atoms with Gasteiger partial charge in [-0.25, -0.2) is 0 Å². The van der Waals surface area contributed by atoms with Crippen molar-refractivity contribution in [2.75, 3.05) is 20.3 Å². The molecule has 0 aliphatic carbocycles. The van der Waals surface area contributed by atoms with Crippen molar-refractivity contribution in [1.82, 2.24) is 0 Å². The summed E-state index contributed by atoms with van der Waals surface area (Å²) in [5, 5.41) is 8.24. The number of ether oxygens (including phenoxy) is 1. The third-order valence-electron chi connectivity index (χ3n) is 0.761. The van der Waals surface area contributed by atoms with E-state index in [0.29, 0.717) is 0 Å². The van der Waals surface area contributed by atoms with Gasteiger partial charge in [0.15, 0.2) is 0 Å². The van der Waals surface area contributed by atoms with Crippen LogP contribution in [-0.2, 0) is 4.74 Å². The molecular formula is C6H12O2. The van der Waals surface area contributed by atoms with Crippen LogP contribution in [0.4, 0.5) is 0 Å². The van der Waals surface area contributed by atoms with Crippen molar-refractivity contribution in [2.45, 2.75) is 6.42 Å². The molecule has 0 saturated carbocycles. The Bertz CT molecular complexity index is 59.5. The van der Waals surface area contributed by atoms with E-state index in [1.54, 1.807) is 13.2 Å². The SMILES string of the molecule is COCCC=CCO. The van der Waals surface area contributed by atoms with Gasteiger partial charge in [0.1, 0.15) is 0 Å². The highest BCUT2D eigenvalue weighted by Crippen LogP contribution is 1.81. The fraction of sp³-hybridized carbons (Fsp3) is 0.667. The van der Waals surface area contributed by atoms with E-state index in [1.165, 1.54) is 0 Å². The Kier molecular flexibility index (Phi) is 6.38. The van der Waals surface area contributed by atoms with Crippen LogP contribution in [0.15, 0.2) is 12.2 Å². The van der Waals surface area contributed by atoms with Crippen LogP contribution in [0.5, 0.6) is 0 Å². The lowest BCUT2D eigenvalue weighted by atomic mass is 10.4. The molecule has 8 heavy (non-hydrogen) atoms. The monoisotopic (exact) mass is 116 g/mol. The Morgan fingerprint density at radius 2 is 2.25 bits per heavy atom. The zero-order valence-corrected chi connectivity index (χ0v) is 5.13. The van der Waals surface area contributed by atoms with E-state index in [9.17, 15) is 0 Å². The number of hydrogen-bond donors (Lipinski definition) is 1. The highest BCUT2D eigenvalue weighted by Gasteiger charge is 1.74. The van der Waals surface area contributed by atoms with Crippen molar-refractivity contribution in [2.24, 2.45) is 0 Å². The predicted molar refractivity (Wildman–Crippen MR) is 32.7 cm³/mol. The van der Waals surface area contributed by atoms with E-state index in [1.807, 2.05) is 6.08 Å². The van der Waals surface area contributed by atoms with E-state index >= 15 is 0 Å². The minimum absolute atomic E-state index is 0.129. The van der Waals surface area contributed by atoms with Gasteiger partial charge >= 0.3 is 0 Å². The molecule has 0 atom stereocenters. The largest absolute Gasteiger partial charge is 0.392 e. The van der Waals surface area contributed by atoms with Crippen molar-refractivity contribution in [3.8, 4) is 0 Å². The lowest BCUT2D eigenvalue weighted by molar-refractivity contribution is 0.204. The summed E-state index contributed by atoms with van der Waals surface area (Å²) in [4.78, 5) is 0. The predicted octanol–water partition coefficient (Wildman–Crippen LogP) is 0.571. The van der Waals surface area contributed by atoms with Crippen LogP contribution in [0, 0.1) is 0 Å². The topological polar surface area (TPSA) is 29.5 Å². The highest BCUT2D eigenvalue weighted by molar-refractivity contribution is 4.79. The smallest absolute Gasteiger partial charge is 0.0612 e. The van der Waals surface area contributed by atoms with Gasteiger partial charge in [0.25, 0.3) is 0 Å². The molecular weight excluding hydrogens is 104 g/mol. The van der Waals surface area contributed by atoms with Crippen LogP contribution in [0.3, 0.4) is 0 Å². The molecule has 0 bridgehead atoms. The summed E-state index contributed by atoms with van der Waals surface area (Å²) in [5.41, 5.74) is 0. The zero-order chi connectivity index (χ0) is 6.24. The van der Waals surface area contributed by atoms with Crippen LogP contribution in [0.2, 0.25) is 0 Å². The molecule has 0 aromatic heterocycles. The number of methoxy groups -OCH3 is 1. The molecule has 0 fully saturated rings. The number of aliphatic hydroxyl groups is 1. The van der Waals surface area contributed by atoms with Crippen molar-refractivity contribution < 1.29 is 9.84 Å². The van der Waals surface area contributed by atoms with Crippen molar-refractivity contribution in [1.29, 1.82) is 0 Å². The van der Waals surface area contributed by atoms with E-state index in [-0.39, 0.29) is 6.61 Å². The van der Waals surface area contributed by atoms with Crippen LogP contribution in [-0.4, -0.2) is 25.4 Å². The first-order chi connectivity index (χ1) is 3.91. The first kappa shape index (κ1) is 7.66. The molecule has 2 nitrogen and oxygen atoms in total. The van der Waals surface area contributed by atoms with E-state index in [0.717, 1.165) is 13.0 Å². The van der Waals surface area contributed by atoms with Crippen LogP contribution in [0.1, 0.15) is 6.42 Å². The zero-order valence-electron chi connectivity index (χ0n) is 5.13. The molecule has 0 radical (unpaired) electrons. The maximum atomic E-state index is 8.24. The van der Waals surface area contributed by atoms with Gasteiger partial charge in [0, 0.05) is 13.7 Å². The number of rotatable bonds is 4. The third-order valence-corrected chi connectivity index (χ3v) is 0.761. The van der Waals surface area contributed by atoms with Crippen LogP contribution >= 0.6 is 0 Å². The average Bonchev–Trinajstić information content (AvgIpc) is 1.81. The average molecular weight is 116 g/mol.